The molecule has 1 nitrogen and oxygen atoms in total. The summed E-state index contributed by atoms with van der Waals surface area (Å²) in [5.41, 5.74) is 1.28. The normalized spacial score (nSPS) is 11.1. The lowest BCUT2D eigenvalue weighted by Crippen LogP contribution is -3.61. The summed E-state index contributed by atoms with van der Waals surface area (Å²) >= 11 is -0.0930. The van der Waals surface area contributed by atoms with E-state index in [9.17, 15) is 0 Å². The molecule has 0 radical (unpaired) electrons. The number of hydrogen-bond acceptors (Lipinski definition) is 1. The van der Waals surface area contributed by atoms with Crippen LogP contribution in [-0.4, -0.2) is 6.61 Å². The van der Waals surface area contributed by atoms with Crippen molar-refractivity contribution in [1.82, 2.24) is 0 Å². The summed E-state index contributed by atoms with van der Waals surface area (Å²) < 4.78 is 9.01. The molecule has 0 bridgehead atoms. The van der Waals surface area contributed by atoms with Crippen LogP contribution in [0.25, 0.3) is 0 Å². The second-order valence-corrected chi connectivity index (χ2v) is 12.5. The topological polar surface area (TPSA) is 9.23 Å². The minimum atomic E-state index is -0.0930. The van der Waals surface area contributed by atoms with Gasteiger partial charge in [0.1, 0.15) is 5.75 Å². The molecule has 0 unspecified atom stereocenters. The lowest BCUT2D eigenvalue weighted by atomic mass is 10.0. The van der Waals surface area contributed by atoms with Crippen LogP contribution in [0, 0.1) is 14.1 Å². The number of aryl methyl sites for hydroxylation is 1. The SMILES string of the molecule is CCCCCCCCCCCCCCCCCCOc1ccc([I+]c2ccccc2)cc1C. The van der Waals surface area contributed by atoms with Gasteiger partial charge < -0.3 is 4.74 Å². The van der Waals surface area contributed by atoms with Crippen LogP contribution in [0.3, 0.4) is 0 Å². The zero-order valence-corrected chi connectivity index (χ0v) is 23.6. The monoisotopic (exact) mass is 563 g/mol. The molecule has 0 saturated carbocycles. The van der Waals surface area contributed by atoms with E-state index in [0.717, 1.165) is 12.4 Å². The summed E-state index contributed by atoms with van der Waals surface area (Å²) in [5, 5.41) is 0. The maximum atomic E-state index is 6.07. The predicted molar refractivity (Wildman–Crippen MR) is 140 cm³/mol. The van der Waals surface area contributed by atoms with Crippen molar-refractivity contribution in [3.8, 4) is 5.75 Å². The maximum Gasteiger partial charge on any atom is 0.357 e. The van der Waals surface area contributed by atoms with Crippen molar-refractivity contribution >= 4 is 0 Å². The van der Waals surface area contributed by atoms with Crippen molar-refractivity contribution in [2.75, 3.05) is 6.61 Å². The Bertz CT molecular complexity index is 712. The van der Waals surface area contributed by atoms with Gasteiger partial charge in [-0.15, -0.1) is 0 Å². The van der Waals surface area contributed by atoms with E-state index < -0.39 is 0 Å². The largest absolute Gasteiger partial charge is 0.493 e. The summed E-state index contributed by atoms with van der Waals surface area (Å²) in [6, 6.07) is 17.6. The van der Waals surface area contributed by atoms with Crippen LogP contribution in [-0.2, 0) is 0 Å². The summed E-state index contributed by atoms with van der Waals surface area (Å²) in [6.07, 6.45) is 22.5. The fraction of sp³-hybridized carbons (Fsp3) is 0.613. The van der Waals surface area contributed by atoms with Gasteiger partial charge in [0.2, 0.25) is 0 Å². The molecule has 0 saturated heterocycles. The average Bonchev–Trinajstić information content (AvgIpc) is 2.83. The molecule has 0 aromatic heterocycles. The third kappa shape index (κ3) is 14.1. The van der Waals surface area contributed by atoms with Crippen molar-refractivity contribution in [2.45, 2.75) is 117 Å². The van der Waals surface area contributed by atoms with Gasteiger partial charge in [0, 0.05) is 0 Å². The second-order valence-electron chi connectivity index (χ2n) is 9.45. The van der Waals surface area contributed by atoms with Gasteiger partial charge in [-0.1, -0.05) is 121 Å². The molecule has 2 aromatic carbocycles. The Morgan fingerprint density at radius 1 is 0.576 bits per heavy atom. The van der Waals surface area contributed by atoms with E-state index in [-0.39, 0.29) is 21.2 Å². The fourth-order valence-corrected chi connectivity index (χ4v) is 6.75. The fourth-order valence-electron chi connectivity index (χ4n) is 4.27. The Morgan fingerprint density at radius 3 is 1.61 bits per heavy atom. The van der Waals surface area contributed by atoms with Gasteiger partial charge in [-0.25, -0.2) is 0 Å². The van der Waals surface area contributed by atoms with Gasteiger partial charge in [0.25, 0.3) is 0 Å². The highest BCUT2D eigenvalue weighted by Crippen LogP contribution is 2.17. The molecular weight excluding hydrogens is 515 g/mol. The van der Waals surface area contributed by atoms with Crippen LogP contribution in [0.1, 0.15) is 115 Å². The van der Waals surface area contributed by atoms with Crippen LogP contribution in [0.15, 0.2) is 48.5 Å². The van der Waals surface area contributed by atoms with E-state index in [0.29, 0.717) is 0 Å². The molecule has 2 aromatic rings. The van der Waals surface area contributed by atoms with E-state index >= 15 is 0 Å². The van der Waals surface area contributed by atoms with Gasteiger partial charge in [0.15, 0.2) is 7.14 Å². The first-order valence-corrected chi connectivity index (χ1v) is 15.9. The summed E-state index contributed by atoms with van der Waals surface area (Å²) in [5.74, 6) is 1.07. The van der Waals surface area contributed by atoms with Gasteiger partial charge in [-0.05, 0) is 49.2 Å². The Labute approximate surface area is 215 Å². The molecule has 0 heterocycles. The van der Waals surface area contributed by atoms with Crippen LogP contribution in [0.5, 0.6) is 5.75 Å². The summed E-state index contributed by atoms with van der Waals surface area (Å²) in [4.78, 5) is 0. The highest BCUT2D eigenvalue weighted by atomic mass is 127. The van der Waals surface area contributed by atoms with E-state index in [2.05, 4.69) is 62.4 Å². The quantitative estimate of drug-likeness (QED) is 0.128. The molecule has 0 N–H and O–H groups in total. The Morgan fingerprint density at radius 2 is 1.09 bits per heavy atom. The Hall–Kier alpha value is -1.03. The van der Waals surface area contributed by atoms with Gasteiger partial charge >= 0.3 is 21.2 Å². The number of hydrogen-bond donors (Lipinski definition) is 0. The van der Waals surface area contributed by atoms with Gasteiger partial charge in [0.05, 0.1) is 6.61 Å². The molecule has 0 amide bonds. The number of unbranched alkanes of at least 4 members (excludes halogenated alkanes) is 15. The van der Waals surface area contributed by atoms with E-state index in [1.54, 1.807) is 0 Å². The van der Waals surface area contributed by atoms with Crippen LogP contribution in [0.2, 0.25) is 0 Å². The van der Waals surface area contributed by atoms with E-state index in [4.69, 9.17) is 4.74 Å². The first-order valence-electron chi connectivity index (χ1n) is 13.7. The molecule has 0 spiro atoms. The minimum absolute atomic E-state index is 0.0930. The Kier molecular flexibility index (Phi) is 16.5. The summed E-state index contributed by atoms with van der Waals surface area (Å²) in [7, 11) is 0. The highest BCUT2D eigenvalue weighted by molar-refractivity contribution is 5.31. The van der Waals surface area contributed by atoms with Gasteiger partial charge in [-0.2, -0.15) is 0 Å². The molecule has 0 fully saturated rings. The molecule has 184 valence electrons. The Balaban J connectivity index is 1.40. The molecular formula is C31H48IO+. The zero-order chi connectivity index (χ0) is 23.4. The smallest absolute Gasteiger partial charge is 0.357 e. The van der Waals surface area contributed by atoms with E-state index in [1.165, 1.54) is 115 Å². The minimum Gasteiger partial charge on any atom is -0.493 e. The molecule has 2 rings (SSSR count). The molecule has 0 aliphatic heterocycles. The molecule has 2 heteroatoms. The standard InChI is InChI=1S/C31H48IO/c1-3-4-5-6-7-8-9-10-11-12-13-14-15-16-17-21-26-33-31-25-24-30(27-28(31)2)32-29-22-19-18-20-23-29/h18-20,22-25,27H,3-17,21,26H2,1-2H3/q+1. The van der Waals surface area contributed by atoms with Crippen molar-refractivity contribution in [2.24, 2.45) is 0 Å². The van der Waals surface area contributed by atoms with E-state index in [1.807, 2.05) is 0 Å². The average molecular weight is 564 g/mol. The predicted octanol–water partition coefficient (Wildman–Crippen LogP) is 6.76. The third-order valence-corrected chi connectivity index (χ3v) is 8.98. The number of ether oxygens (including phenoxy) is 1. The van der Waals surface area contributed by atoms with Crippen LogP contribution < -0.4 is 25.9 Å². The van der Waals surface area contributed by atoms with Gasteiger partial charge in [-0.3, -0.25) is 0 Å². The first kappa shape index (κ1) is 28.2. The number of halogens is 1. The van der Waals surface area contributed by atoms with Crippen molar-refractivity contribution in [3.63, 3.8) is 0 Å². The molecule has 0 aliphatic carbocycles. The zero-order valence-electron chi connectivity index (χ0n) is 21.4. The van der Waals surface area contributed by atoms with Crippen molar-refractivity contribution in [1.29, 1.82) is 0 Å². The van der Waals surface area contributed by atoms with Crippen molar-refractivity contribution in [3.05, 3.63) is 61.2 Å². The lowest BCUT2D eigenvalue weighted by Gasteiger charge is -2.08. The number of benzene rings is 2. The first-order chi connectivity index (χ1) is 16.3. The van der Waals surface area contributed by atoms with Crippen LogP contribution >= 0.6 is 0 Å². The molecule has 0 atom stereocenters. The highest BCUT2D eigenvalue weighted by Gasteiger charge is 2.16. The summed E-state index contributed by atoms with van der Waals surface area (Å²) in [6.45, 7) is 5.33. The number of rotatable bonds is 20. The maximum absolute atomic E-state index is 6.07. The third-order valence-electron chi connectivity index (χ3n) is 6.34. The molecule has 33 heavy (non-hydrogen) atoms. The second kappa shape index (κ2) is 19.3. The molecule has 0 aliphatic rings. The van der Waals surface area contributed by atoms with Crippen molar-refractivity contribution < 1.29 is 25.9 Å². The van der Waals surface area contributed by atoms with Crippen LogP contribution in [0.4, 0.5) is 0 Å². The lowest BCUT2D eigenvalue weighted by molar-refractivity contribution is -0.597.